The first-order valence-electron chi connectivity index (χ1n) is 6.40. The zero-order valence-corrected chi connectivity index (χ0v) is 11.9. The van der Waals surface area contributed by atoms with E-state index in [-0.39, 0.29) is 5.41 Å². The molecule has 1 aromatic carbocycles. The van der Waals surface area contributed by atoms with Gasteiger partial charge in [-0.25, -0.2) is 0 Å². The van der Waals surface area contributed by atoms with Crippen molar-refractivity contribution in [3.63, 3.8) is 0 Å². The lowest BCUT2D eigenvalue weighted by atomic mass is 9.89. The normalized spacial score (nSPS) is 11.1. The molecular weight excluding hydrogens is 232 g/mol. The molecule has 2 nitrogen and oxygen atoms in total. The highest BCUT2D eigenvalue weighted by atomic mass is 14.7. The molecule has 1 aromatic heterocycles. The van der Waals surface area contributed by atoms with Crippen molar-refractivity contribution in [2.24, 2.45) is 0 Å². The Bertz CT molecular complexity index is 626. The van der Waals surface area contributed by atoms with Gasteiger partial charge in [-0.2, -0.15) is 5.26 Å². The molecule has 0 amide bonds. The maximum atomic E-state index is 8.83. The number of hydrogen-bond acceptors (Lipinski definition) is 2. The van der Waals surface area contributed by atoms with Crippen LogP contribution >= 0.6 is 0 Å². The molecule has 19 heavy (non-hydrogen) atoms. The Morgan fingerprint density at radius 1 is 1.00 bits per heavy atom. The van der Waals surface area contributed by atoms with Gasteiger partial charge in [0.15, 0.2) is 0 Å². The van der Waals surface area contributed by atoms with Crippen LogP contribution in [0.15, 0.2) is 36.4 Å². The molecular formula is C17H18N2. The van der Waals surface area contributed by atoms with Crippen LogP contribution in [-0.2, 0) is 5.41 Å². The molecule has 96 valence electrons. The summed E-state index contributed by atoms with van der Waals surface area (Å²) >= 11 is 0. The highest BCUT2D eigenvalue weighted by molar-refractivity contribution is 5.65. The minimum atomic E-state index is 0.0351. The van der Waals surface area contributed by atoms with Crippen molar-refractivity contribution in [3.05, 3.63) is 53.3 Å². The fourth-order valence-electron chi connectivity index (χ4n) is 1.96. The Morgan fingerprint density at radius 2 is 1.63 bits per heavy atom. The quantitative estimate of drug-likeness (QED) is 0.759. The molecule has 2 aromatic rings. The predicted octanol–water partition coefficient (Wildman–Crippen LogP) is 4.23. The van der Waals surface area contributed by atoms with Crippen molar-refractivity contribution in [3.8, 4) is 17.2 Å². The summed E-state index contributed by atoms with van der Waals surface area (Å²) < 4.78 is 0. The third-order valence-electron chi connectivity index (χ3n) is 3.07. The maximum Gasteiger partial charge on any atom is 0.0991 e. The molecule has 0 unspecified atom stereocenters. The van der Waals surface area contributed by atoms with Crippen molar-refractivity contribution in [2.75, 3.05) is 0 Å². The van der Waals surface area contributed by atoms with Crippen LogP contribution in [0.5, 0.6) is 0 Å². The van der Waals surface area contributed by atoms with E-state index < -0.39 is 0 Å². The SMILES string of the molecule is Cc1cc(-c2ccc(C#N)cc2)cc(C(C)(C)C)n1. The Morgan fingerprint density at radius 3 is 2.16 bits per heavy atom. The van der Waals surface area contributed by atoms with Gasteiger partial charge in [0.25, 0.3) is 0 Å². The van der Waals surface area contributed by atoms with Gasteiger partial charge < -0.3 is 0 Å². The van der Waals surface area contributed by atoms with Gasteiger partial charge in [-0.1, -0.05) is 32.9 Å². The van der Waals surface area contributed by atoms with Crippen LogP contribution in [0, 0.1) is 18.3 Å². The number of aromatic nitrogens is 1. The average Bonchev–Trinajstić information content (AvgIpc) is 2.37. The highest BCUT2D eigenvalue weighted by Crippen LogP contribution is 2.27. The summed E-state index contributed by atoms with van der Waals surface area (Å²) in [7, 11) is 0. The summed E-state index contributed by atoms with van der Waals surface area (Å²) in [4.78, 5) is 4.61. The first-order chi connectivity index (χ1) is 8.90. The minimum absolute atomic E-state index is 0.0351. The van der Waals surface area contributed by atoms with E-state index in [9.17, 15) is 0 Å². The van der Waals surface area contributed by atoms with Crippen LogP contribution in [0.2, 0.25) is 0 Å². The third-order valence-corrected chi connectivity index (χ3v) is 3.07. The molecule has 0 aliphatic rings. The Labute approximate surface area is 114 Å². The van der Waals surface area contributed by atoms with Crippen LogP contribution in [-0.4, -0.2) is 4.98 Å². The van der Waals surface area contributed by atoms with Crippen molar-refractivity contribution in [2.45, 2.75) is 33.1 Å². The molecule has 0 saturated carbocycles. The van der Waals surface area contributed by atoms with E-state index in [0.717, 1.165) is 22.5 Å². The zero-order chi connectivity index (χ0) is 14.0. The number of aryl methyl sites for hydroxylation is 1. The summed E-state index contributed by atoms with van der Waals surface area (Å²) in [6.45, 7) is 8.51. The molecule has 2 rings (SSSR count). The maximum absolute atomic E-state index is 8.83. The van der Waals surface area contributed by atoms with Gasteiger partial charge in [0, 0.05) is 16.8 Å². The number of benzene rings is 1. The summed E-state index contributed by atoms with van der Waals surface area (Å²) in [5.74, 6) is 0. The van der Waals surface area contributed by atoms with Crippen LogP contribution < -0.4 is 0 Å². The molecule has 2 heteroatoms. The largest absolute Gasteiger partial charge is 0.258 e. The molecule has 0 atom stereocenters. The number of rotatable bonds is 1. The number of hydrogen-bond donors (Lipinski definition) is 0. The highest BCUT2D eigenvalue weighted by Gasteiger charge is 2.16. The van der Waals surface area contributed by atoms with E-state index in [0.29, 0.717) is 5.56 Å². The lowest BCUT2D eigenvalue weighted by Crippen LogP contribution is -2.14. The average molecular weight is 250 g/mol. The first-order valence-corrected chi connectivity index (χ1v) is 6.40. The molecule has 0 N–H and O–H groups in total. The topological polar surface area (TPSA) is 36.7 Å². The van der Waals surface area contributed by atoms with E-state index in [1.165, 1.54) is 0 Å². The molecule has 0 radical (unpaired) electrons. The summed E-state index contributed by atoms with van der Waals surface area (Å²) in [5.41, 5.74) is 5.11. The van der Waals surface area contributed by atoms with Crippen LogP contribution in [0.3, 0.4) is 0 Å². The lowest BCUT2D eigenvalue weighted by Gasteiger charge is -2.19. The minimum Gasteiger partial charge on any atom is -0.258 e. The first kappa shape index (κ1) is 13.3. The van der Waals surface area contributed by atoms with Gasteiger partial charge >= 0.3 is 0 Å². The zero-order valence-electron chi connectivity index (χ0n) is 11.9. The molecule has 0 aliphatic carbocycles. The van der Waals surface area contributed by atoms with Crippen molar-refractivity contribution in [1.82, 2.24) is 4.98 Å². The second-order valence-electron chi connectivity index (χ2n) is 5.82. The summed E-state index contributed by atoms with van der Waals surface area (Å²) in [6.07, 6.45) is 0. The van der Waals surface area contributed by atoms with Crippen molar-refractivity contribution < 1.29 is 0 Å². The Balaban J connectivity index is 2.50. The van der Waals surface area contributed by atoms with Crippen molar-refractivity contribution >= 4 is 0 Å². The fraction of sp³-hybridized carbons (Fsp3) is 0.294. The van der Waals surface area contributed by atoms with E-state index in [1.54, 1.807) is 0 Å². The van der Waals surface area contributed by atoms with Gasteiger partial charge in [0.2, 0.25) is 0 Å². The summed E-state index contributed by atoms with van der Waals surface area (Å²) in [6, 6.07) is 14.0. The number of nitriles is 1. The Hall–Kier alpha value is -2.14. The molecule has 1 heterocycles. The van der Waals surface area contributed by atoms with Crippen molar-refractivity contribution in [1.29, 1.82) is 5.26 Å². The Kier molecular flexibility index (Phi) is 3.40. The van der Waals surface area contributed by atoms with Gasteiger partial charge in [-0.15, -0.1) is 0 Å². The van der Waals surface area contributed by atoms with E-state index in [1.807, 2.05) is 31.2 Å². The molecule has 0 aliphatic heterocycles. The van der Waals surface area contributed by atoms with Gasteiger partial charge in [-0.3, -0.25) is 4.98 Å². The molecule has 0 spiro atoms. The smallest absolute Gasteiger partial charge is 0.0991 e. The van der Waals surface area contributed by atoms with Gasteiger partial charge in [0.05, 0.1) is 11.6 Å². The van der Waals surface area contributed by atoms with Crippen LogP contribution in [0.25, 0.3) is 11.1 Å². The van der Waals surface area contributed by atoms with Gasteiger partial charge in [0.1, 0.15) is 0 Å². The summed E-state index contributed by atoms with van der Waals surface area (Å²) in [5, 5.41) is 8.83. The van der Waals surface area contributed by atoms with Gasteiger partial charge in [-0.05, 0) is 42.3 Å². The van der Waals surface area contributed by atoms with E-state index in [2.05, 4.69) is 44.0 Å². The third kappa shape index (κ3) is 3.00. The molecule has 0 fully saturated rings. The second kappa shape index (κ2) is 4.85. The lowest BCUT2D eigenvalue weighted by molar-refractivity contribution is 0.567. The monoisotopic (exact) mass is 250 g/mol. The molecule has 0 bridgehead atoms. The van der Waals surface area contributed by atoms with Crippen LogP contribution in [0.4, 0.5) is 0 Å². The standard InChI is InChI=1S/C17H18N2/c1-12-9-15(10-16(19-12)17(2,3)4)14-7-5-13(11-18)6-8-14/h5-10H,1-4H3. The van der Waals surface area contributed by atoms with Crippen LogP contribution in [0.1, 0.15) is 37.7 Å². The van der Waals surface area contributed by atoms with E-state index >= 15 is 0 Å². The fourth-order valence-corrected chi connectivity index (χ4v) is 1.96. The van der Waals surface area contributed by atoms with E-state index in [4.69, 9.17) is 5.26 Å². The number of nitrogens with zero attached hydrogens (tertiary/aromatic N) is 2. The molecule has 0 saturated heterocycles. The second-order valence-corrected chi connectivity index (χ2v) is 5.82. The number of pyridine rings is 1. The predicted molar refractivity (Wildman–Crippen MR) is 77.8 cm³/mol.